The molecule has 9 heteroatoms. The van der Waals surface area contributed by atoms with Crippen molar-refractivity contribution in [2.45, 2.75) is 27.4 Å². The number of ether oxygens (including phenoxy) is 3. The number of hydrogen-bond acceptors (Lipinski definition) is 7. The van der Waals surface area contributed by atoms with E-state index in [0.29, 0.717) is 22.5 Å². The van der Waals surface area contributed by atoms with Crippen molar-refractivity contribution in [3.8, 4) is 28.6 Å². The number of carbonyl (C=O) groups is 1. The summed E-state index contributed by atoms with van der Waals surface area (Å²) in [5, 5.41) is 0.754. The molecule has 220 valence electrons. The van der Waals surface area contributed by atoms with E-state index in [1.807, 2.05) is 74.4 Å². The number of para-hydroxylation sites is 1. The summed E-state index contributed by atoms with van der Waals surface area (Å²) in [6.07, 6.45) is 0. The van der Waals surface area contributed by atoms with E-state index in [1.165, 1.54) is 13.0 Å². The lowest BCUT2D eigenvalue weighted by atomic mass is 10.0. The summed E-state index contributed by atoms with van der Waals surface area (Å²) in [6.45, 7) is 5.26. The van der Waals surface area contributed by atoms with Gasteiger partial charge in [0.15, 0.2) is 17.4 Å². The Balaban J connectivity index is 1.78. The van der Waals surface area contributed by atoms with E-state index in [1.54, 1.807) is 19.1 Å². The van der Waals surface area contributed by atoms with Crippen LogP contribution in [-0.2, 0) is 11.3 Å². The lowest BCUT2D eigenvalue weighted by Gasteiger charge is -2.24. The molecule has 0 radical (unpaired) electrons. The van der Waals surface area contributed by atoms with Gasteiger partial charge in [-0.1, -0.05) is 48.5 Å². The zero-order chi connectivity index (χ0) is 30.7. The topological polar surface area (TPSA) is 73.8 Å². The third-order valence-corrected chi connectivity index (χ3v) is 6.89. The number of anilines is 1. The molecule has 3 aromatic carbocycles. The number of nitrogens with zero attached hydrogens (tertiary/aromatic N) is 3. The van der Waals surface area contributed by atoms with Crippen LogP contribution in [0, 0.1) is 25.5 Å². The Morgan fingerprint density at radius 2 is 1.65 bits per heavy atom. The molecule has 0 N–H and O–H groups in total. The number of hydrogen-bond donors (Lipinski definition) is 0. The molecule has 2 aromatic heterocycles. The quantitative estimate of drug-likeness (QED) is 0.164. The Hall–Kier alpha value is -5.05. The van der Waals surface area contributed by atoms with Gasteiger partial charge in [0.25, 0.3) is 0 Å². The van der Waals surface area contributed by atoms with Gasteiger partial charge in [-0.25, -0.2) is 23.5 Å². The average Bonchev–Trinajstić information content (AvgIpc) is 3.00. The van der Waals surface area contributed by atoms with Crippen LogP contribution in [0.2, 0.25) is 0 Å². The second-order valence-corrected chi connectivity index (χ2v) is 10.1. The van der Waals surface area contributed by atoms with Crippen LogP contribution in [0.25, 0.3) is 22.2 Å². The molecule has 0 saturated heterocycles. The van der Waals surface area contributed by atoms with Gasteiger partial charge in [-0.3, -0.25) is 0 Å². The summed E-state index contributed by atoms with van der Waals surface area (Å²) in [5.74, 6) is -2.23. The number of rotatable bonds is 9. The van der Waals surface area contributed by atoms with E-state index in [9.17, 15) is 13.6 Å². The molecule has 5 aromatic rings. The van der Waals surface area contributed by atoms with Gasteiger partial charge >= 0.3 is 5.97 Å². The van der Waals surface area contributed by atoms with Gasteiger partial charge in [-0.05, 0) is 50.6 Å². The first-order chi connectivity index (χ1) is 20.7. The fourth-order valence-electron chi connectivity index (χ4n) is 4.85. The summed E-state index contributed by atoms with van der Waals surface area (Å²) in [7, 11) is 3.68. The van der Waals surface area contributed by atoms with E-state index < -0.39 is 17.6 Å². The van der Waals surface area contributed by atoms with Crippen LogP contribution >= 0.6 is 0 Å². The molecule has 0 saturated carbocycles. The second kappa shape index (κ2) is 12.4. The number of aromatic nitrogens is 2. The molecule has 5 rings (SSSR count). The third-order valence-electron chi connectivity index (χ3n) is 6.89. The molecular formula is C34H31F2N3O4. The molecule has 0 fully saturated rings. The van der Waals surface area contributed by atoms with Crippen LogP contribution in [0.1, 0.15) is 34.1 Å². The molecule has 0 unspecified atom stereocenters. The maximum Gasteiger partial charge on any atom is 0.344 e. The highest BCUT2D eigenvalue weighted by Gasteiger charge is 2.30. The molecule has 0 aliphatic carbocycles. The molecule has 0 amide bonds. The lowest BCUT2D eigenvalue weighted by molar-refractivity contribution is 0.0522. The Morgan fingerprint density at radius 3 is 2.37 bits per heavy atom. The van der Waals surface area contributed by atoms with Crippen LogP contribution in [-0.4, -0.2) is 36.6 Å². The number of halogens is 2. The fraction of sp³-hybridized carbons (Fsp3) is 0.206. The lowest BCUT2D eigenvalue weighted by Crippen LogP contribution is -2.19. The molecule has 2 heterocycles. The highest BCUT2D eigenvalue weighted by Crippen LogP contribution is 2.44. The third kappa shape index (κ3) is 5.97. The minimum absolute atomic E-state index is 0.0227. The van der Waals surface area contributed by atoms with E-state index >= 15 is 0 Å². The maximum atomic E-state index is 14.5. The van der Waals surface area contributed by atoms with Gasteiger partial charge in [-0.15, -0.1) is 0 Å². The molecule has 0 spiro atoms. The van der Waals surface area contributed by atoms with Crippen molar-refractivity contribution in [3.05, 3.63) is 107 Å². The molecule has 0 bridgehead atoms. The molecular weight excluding hydrogens is 552 g/mol. The van der Waals surface area contributed by atoms with Gasteiger partial charge in [-0.2, -0.15) is 0 Å². The smallest absolute Gasteiger partial charge is 0.344 e. The maximum absolute atomic E-state index is 14.5. The standard InChI is InChI=1S/C34H31F2N3O4/c1-6-41-34(40)28-30(37-21(3)31(39(4)5)32(28)42-19-22-12-8-7-9-13-22)24-18-23-14-10-11-15-26(23)38-33(24)43-27-17-16-25(35)29(36)20(27)2/h7-18H,6,19H2,1-5H3. The van der Waals surface area contributed by atoms with E-state index in [2.05, 4.69) is 0 Å². The van der Waals surface area contributed by atoms with Crippen LogP contribution in [0.3, 0.4) is 0 Å². The fourth-order valence-corrected chi connectivity index (χ4v) is 4.85. The number of aryl methyl sites for hydroxylation is 1. The molecule has 0 aliphatic heterocycles. The highest BCUT2D eigenvalue weighted by atomic mass is 19.2. The SMILES string of the molecule is CCOC(=O)c1c(-c2cc3ccccc3nc2Oc2ccc(F)c(F)c2C)nc(C)c(N(C)C)c1OCc1ccccc1. The zero-order valence-electron chi connectivity index (χ0n) is 24.6. The van der Waals surface area contributed by atoms with Crippen LogP contribution in [0.5, 0.6) is 17.4 Å². The largest absolute Gasteiger partial charge is 0.486 e. The van der Waals surface area contributed by atoms with Crippen molar-refractivity contribution in [2.75, 3.05) is 25.6 Å². The summed E-state index contributed by atoms with van der Waals surface area (Å²) < 4.78 is 46.5. The zero-order valence-corrected chi connectivity index (χ0v) is 24.6. The number of carbonyl (C=O) groups excluding carboxylic acids is 1. The van der Waals surface area contributed by atoms with Crippen molar-refractivity contribution in [1.29, 1.82) is 0 Å². The normalized spacial score (nSPS) is 11.0. The first-order valence-electron chi connectivity index (χ1n) is 13.8. The van der Waals surface area contributed by atoms with E-state index in [4.69, 9.17) is 24.2 Å². The van der Waals surface area contributed by atoms with E-state index in [-0.39, 0.29) is 47.4 Å². The first kappa shape index (κ1) is 29.4. The summed E-state index contributed by atoms with van der Waals surface area (Å²) in [5.41, 5.74) is 3.34. The number of pyridine rings is 2. The molecule has 0 aliphatic rings. The van der Waals surface area contributed by atoms with Crippen LogP contribution < -0.4 is 14.4 Å². The average molecular weight is 584 g/mol. The van der Waals surface area contributed by atoms with Crippen molar-refractivity contribution >= 4 is 22.6 Å². The van der Waals surface area contributed by atoms with Gasteiger partial charge in [0.1, 0.15) is 23.6 Å². The van der Waals surface area contributed by atoms with Crippen molar-refractivity contribution in [2.24, 2.45) is 0 Å². The predicted molar refractivity (Wildman–Crippen MR) is 162 cm³/mol. The monoisotopic (exact) mass is 583 g/mol. The van der Waals surface area contributed by atoms with Crippen LogP contribution in [0.15, 0.2) is 72.8 Å². The summed E-state index contributed by atoms with van der Waals surface area (Å²) >= 11 is 0. The second-order valence-electron chi connectivity index (χ2n) is 10.1. The minimum atomic E-state index is -1.02. The van der Waals surface area contributed by atoms with Gasteiger partial charge < -0.3 is 19.1 Å². The summed E-state index contributed by atoms with van der Waals surface area (Å²) in [6, 6.07) is 21.1. The minimum Gasteiger partial charge on any atom is -0.486 e. The Kier molecular flexibility index (Phi) is 8.52. The van der Waals surface area contributed by atoms with Gasteiger partial charge in [0.2, 0.25) is 5.88 Å². The molecule has 0 atom stereocenters. The number of benzene rings is 3. The molecule has 7 nitrogen and oxygen atoms in total. The van der Waals surface area contributed by atoms with Gasteiger partial charge in [0, 0.05) is 25.0 Å². The highest BCUT2D eigenvalue weighted by molar-refractivity contribution is 6.03. The summed E-state index contributed by atoms with van der Waals surface area (Å²) in [4.78, 5) is 25.1. The molecule has 43 heavy (non-hydrogen) atoms. The van der Waals surface area contributed by atoms with E-state index in [0.717, 1.165) is 17.0 Å². The Labute approximate surface area is 248 Å². The number of fused-ring (bicyclic) bond motifs is 1. The Morgan fingerprint density at radius 1 is 0.930 bits per heavy atom. The number of esters is 1. The Bertz CT molecular complexity index is 1810. The predicted octanol–water partition coefficient (Wildman–Crippen LogP) is 7.81. The first-order valence-corrected chi connectivity index (χ1v) is 13.8. The van der Waals surface area contributed by atoms with Crippen molar-refractivity contribution in [3.63, 3.8) is 0 Å². The van der Waals surface area contributed by atoms with Crippen molar-refractivity contribution < 1.29 is 27.8 Å². The van der Waals surface area contributed by atoms with Crippen molar-refractivity contribution in [1.82, 2.24) is 9.97 Å². The van der Waals surface area contributed by atoms with Gasteiger partial charge in [0.05, 0.1) is 29.1 Å². The van der Waals surface area contributed by atoms with Crippen LogP contribution in [0.4, 0.5) is 14.5 Å².